The molecule has 2 aromatic rings. The SMILES string of the molecule is O=C(O)N1CCN(c2ncc(C(F)(F)F)cn2)CC1CCNc1cc(C(F)(F)F)c(=O)[nH]n1. The predicted octanol–water partition coefficient (Wildman–Crippen LogP) is 2.27. The number of hydrogen-bond donors (Lipinski definition) is 3. The molecule has 1 atom stereocenters. The molecule has 1 aliphatic heterocycles. The minimum Gasteiger partial charge on any atom is -0.465 e. The number of carboxylic acid groups (broad SMARTS) is 1. The van der Waals surface area contributed by atoms with Crippen LogP contribution in [0.25, 0.3) is 0 Å². The first-order valence-electron chi connectivity index (χ1n) is 9.41. The fourth-order valence-corrected chi connectivity index (χ4v) is 3.24. The molecule has 1 unspecified atom stereocenters. The molecule has 0 aromatic carbocycles. The van der Waals surface area contributed by atoms with E-state index in [9.17, 15) is 41.0 Å². The monoisotopic (exact) mass is 481 g/mol. The van der Waals surface area contributed by atoms with E-state index in [4.69, 9.17) is 0 Å². The lowest BCUT2D eigenvalue weighted by atomic mass is 10.1. The molecule has 1 saturated heterocycles. The normalized spacial score (nSPS) is 17.2. The average Bonchev–Trinajstić information content (AvgIpc) is 2.73. The Morgan fingerprint density at radius 3 is 2.39 bits per heavy atom. The second-order valence-corrected chi connectivity index (χ2v) is 7.05. The highest BCUT2D eigenvalue weighted by Crippen LogP contribution is 2.29. The Hall–Kier alpha value is -3.59. The molecule has 0 bridgehead atoms. The van der Waals surface area contributed by atoms with Gasteiger partial charge in [0.15, 0.2) is 0 Å². The molecule has 3 rings (SSSR count). The van der Waals surface area contributed by atoms with E-state index < -0.39 is 41.2 Å². The van der Waals surface area contributed by atoms with Gasteiger partial charge in [0.05, 0.1) is 11.6 Å². The van der Waals surface area contributed by atoms with Crippen LogP contribution in [-0.4, -0.2) is 68.5 Å². The molecule has 33 heavy (non-hydrogen) atoms. The zero-order valence-corrected chi connectivity index (χ0v) is 16.6. The topological polar surface area (TPSA) is 127 Å². The highest BCUT2D eigenvalue weighted by atomic mass is 19.4. The molecular formula is C17H17F6N7O3. The number of aromatic amines is 1. The van der Waals surface area contributed by atoms with Crippen LogP contribution in [0.15, 0.2) is 23.3 Å². The van der Waals surface area contributed by atoms with E-state index in [-0.39, 0.29) is 44.4 Å². The number of piperazine rings is 1. The summed E-state index contributed by atoms with van der Waals surface area (Å²) in [4.78, 5) is 32.9. The van der Waals surface area contributed by atoms with Gasteiger partial charge in [-0.1, -0.05) is 0 Å². The first kappa shape index (κ1) is 24.1. The molecule has 0 radical (unpaired) electrons. The number of alkyl halides is 6. The molecule has 1 amide bonds. The van der Waals surface area contributed by atoms with Gasteiger partial charge in [-0.15, -0.1) is 0 Å². The Kier molecular flexibility index (Phi) is 6.64. The van der Waals surface area contributed by atoms with Gasteiger partial charge in [0, 0.05) is 44.6 Å². The summed E-state index contributed by atoms with van der Waals surface area (Å²) in [6, 6.07) is -0.128. The molecular weight excluding hydrogens is 464 g/mol. The number of rotatable bonds is 5. The summed E-state index contributed by atoms with van der Waals surface area (Å²) in [5.74, 6) is -0.273. The second kappa shape index (κ2) is 9.11. The molecule has 0 saturated carbocycles. The van der Waals surface area contributed by atoms with Crippen LogP contribution in [0.4, 0.5) is 42.9 Å². The molecule has 10 nitrogen and oxygen atoms in total. The Balaban J connectivity index is 1.67. The van der Waals surface area contributed by atoms with Crippen LogP contribution >= 0.6 is 0 Å². The van der Waals surface area contributed by atoms with Gasteiger partial charge in [0.1, 0.15) is 11.4 Å². The second-order valence-electron chi connectivity index (χ2n) is 7.05. The van der Waals surface area contributed by atoms with Crippen molar-refractivity contribution in [3.05, 3.63) is 39.9 Å². The highest BCUT2D eigenvalue weighted by molar-refractivity contribution is 5.66. The maximum Gasteiger partial charge on any atom is 0.421 e. The van der Waals surface area contributed by atoms with Crippen molar-refractivity contribution < 1.29 is 36.2 Å². The van der Waals surface area contributed by atoms with Gasteiger partial charge < -0.3 is 20.2 Å². The van der Waals surface area contributed by atoms with E-state index in [0.717, 1.165) is 4.90 Å². The van der Waals surface area contributed by atoms with Gasteiger partial charge in [-0.3, -0.25) is 4.79 Å². The molecule has 1 aliphatic rings. The Labute approximate surface area is 181 Å². The number of anilines is 2. The van der Waals surface area contributed by atoms with Gasteiger partial charge in [0.25, 0.3) is 5.56 Å². The van der Waals surface area contributed by atoms with Crippen molar-refractivity contribution in [3.8, 4) is 0 Å². The van der Waals surface area contributed by atoms with E-state index in [0.29, 0.717) is 18.5 Å². The molecule has 180 valence electrons. The highest BCUT2D eigenvalue weighted by Gasteiger charge is 2.35. The van der Waals surface area contributed by atoms with Crippen LogP contribution in [0.3, 0.4) is 0 Å². The maximum absolute atomic E-state index is 12.8. The quantitative estimate of drug-likeness (QED) is 0.556. The van der Waals surface area contributed by atoms with Crippen molar-refractivity contribution in [1.82, 2.24) is 25.1 Å². The number of carbonyl (C=O) groups is 1. The van der Waals surface area contributed by atoms with Crippen LogP contribution in [0, 0.1) is 0 Å². The first-order valence-corrected chi connectivity index (χ1v) is 9.41. The summed E-state index contributed by atoms with van der Waals surface area (Å²) in [5, 5.41) is 17.2. The smallest absolute Gasteiger partial charge is 0.421 e. The molecule has 3 heterocycles. The van der Waals surface area contributed by atoms with Crippen molar-refractivity contribution in [1.29, 1.82) is 0 Å². The summed E-state index contributed by atoms with van der Waals surface area (Å²) in [6.07, 6.45) is -9.33. The maximum atomic E-state index is 12.8. The third-order valence-corrected chi connectivity index (χ3v) is 4.87. The van der Waals surface area contributed by atoms with Gasteiger partial charge in [-0.25, -0.2) is 19.9 Å². The van der Waals surface area contributed by atoms with E-state index in [2.05, 4.69) is 20.4 Å². The summed E-state index contributed by atoms with van der Waals surface area (Å²) >= 11 is 0. The standard InChI is InChI=1S/C17H17F6N7O3/c18-16(19,20)9-6-25-14(26-7-9)29-3-4-30(15(32)33)10(8-29)1-2-24-12-5-11(17(21,22)23)13(31)28-27-12/h5-7,10H,1-4,8H2,(H,24,27)(H,28,31)(H,32,33). The molecule has 0 aliphatic carbocycles. The average molecular weight is 481 g/mol. The van der Waals surface area contributed by atoms with E-state index in [1.54, 1.807) is 5.10 Å². The van der Waals surface area contributed by atoms with Crippen molar-refractivity contribution in [3.63, 3.8) is 0 Å². The van der Waals surface area contributed by atoms with E-state index in [1.807, 2.05) is 0 Å². The van der Waals surface area contributed by atoms with Gasteiger partial charge in [-0.2, -0.15) is 31.4 Å². The molecule has 16 heteroatoms. The largest absolute Gasteiger partial charge is 0.465 e. The number of amides is 1. The lowest BCUT2D eigenvalue weighted by Crippen LogP contribution is -2.55. The Morgan fingerprint density at radius 2 is 1.82 bits per heavy atom. The minimum absolute atomic E-state index is 0.00744. The Morgan fingerprint density at radius 1 is 1.15 bits per heavy atom. The molecule has 3 N–H and O–H groups in total. The fraction of sp³-hybridized carbons (Fsp3) is 0.471. The number of hydrogen-bond acceptors (Lipinski definition) is 7. The molecule has 1 fully saturated rings. The van der Waals surface area contributed by atoms with E-state index in [1.165, 1.54) is 4.90 Å². The summed E-state index contributed by atoms with van der Waals surface area (Å²) in [7, 11) is 0. The predicted molar refractivity (Wildman–Crippen MR) is 101 cm³/mol. The minimum atomic E-state index is -4.88. The molecule has 0 spiro atoms. The van der Waals surface area contributed by atoms with Gasteiger partial charge in [-0.05, 0) is 6.42 Å². The summed E-state index contributed by atoms with van der Waals surface area (Å²) in [6.45, 7) is 0.191. The number of nitrogens with one attached hydrogen (secondary N) is 2. The van der Waals surface area contributed by atoms with Crippen LogP contribution in [-0.2, 0) is 12.4 Å². The van der Waals surface area contributed by atoms with Crippen molar-refractivity contribution in [2.24, 2.45) is 0 Å². The fourth-order valence-electron chi connectivity index (χ4n) is 3.24. The van der Waals surface area contributed by atoms with Gasteiger partial charge >= 0.3 is 18.4 Å². The first-order chi connectivity index (χ1) is 15.4. The lowest BCUT2D eigenvalue weighted by molar-refractivity contribution is -0.139. The zero-order chi connectivity index (χ0) is 24.4. The number of halogens is 6. The van der Waals surface area contributed by atoms with Crippen molar-refractivity contribution in [2.75, 3.05) is 36.4 Å². The van der Waals surface area contributed by atoms with Crippen LogP contribution < -0.4 is 15.8 Å². The number of H-pyrrole nitrogens is 1. The summed E-state index contributed by atoms with van der Waals surface area (Å²) in [5.41, 5.74) is -3.86. The Bertz CT molecular complexity index is 1040. The van der Waals surface area contributed by atoms with Crippen molar-refractivity contribution >= 4 is 17.9 Å². The zero-order valence-electron chi connectivity index (χ0n) is 16.6. The lowest BCUT2D eigenvalue weighted by Gasteiger charge is -2.40. The van der Waals surface area contributed by atoms with E-state index >= 15 is 0 Å². The van der Waals surface area contributed by atoms with Crippen LogP contribution in [0.5, 0.6) is 0 Å². The molecule has 2 aromatic heterocycles. The van der Waals surface area contributed by atoms with Gasteiger partial charge in [0.2, 0.25) is 5.95 Å². The van der Waals surface area contributed by atoms with Crippen LogP contribution in [0.2, 0.25) is 0 Å². The number of nitrogens with zero attached hydrogens (tertiary/aromatic N) is 5. The van der Waals surface area contributed by atoms with Crippen molar-refractivity contribution in [2.45, 2.75) is 24.8 Å². The van der Waals surface area contributed by atoms with Crippen LogP contribution in [0.1, 0.15) is 17.5 Å². The third kappa shape index (κ3) is 5.81. The third-order valence-electron chi connectivity index (χ3n) is 4.87. The number of aromatic nitrogens is 4. The summed E-state index contributed by atoms with van der Waals surface area (Å²) < 4.78 is 76.6.